The van der Waals surface area contributed by atoms with Gasteiger partial charge < -0.3 is 10.4 Å². The predicted octanol–water partition coefficient (Wildman–Crippen LogP) is 4.85. The van der Waals surface area contributed by atoms with Crippen LogP contribution in [0.2, 0.25) is 0 Å². The van der Waals surface area contributed by atoms with Crippen LogP contribution in [0.3, 0.4) is 0 Å². The quantitative estimate of drug-likeness (QED) is 0.274. The van der Waals surface area contributed by atoms with Crippen molar-refractivity contribution in [1.82, 2.24) is 29.9 Å². The molecule has 0 radical (unpaired) electrons. The number of aliphatic hydroxyl groups is 1. The van der Waals surface area contributed by atoms with Crippen molar-refractivity contribution in [2.75, 3.05) is 32.1 Å². The summed E-state index contributed by atoms with van der Waals surface area (Å²) in [6, 6.07) is 15.1. The van der Waals surface area contributed by atoms with Crippen LogP contribution in [-0.4, -0.2) is 61.7 Å². The summed E-state index contributed by atoms with van der Waals surface area (Å²) in [5.74, 6) is 0.269. The first kappa shape index (κ1) is 24.9. The molecule has 0 aliphatic carbocycles. The van der Waals surface area contributed by atoms with Crippen LogP contribution in [0, 0.1) is 5.82 Å². The lowest BCUT2D eigenvalue weighted by molar-refractivity contribution is 0.189. The van der Waals surface area contributed by atoms with Gasteiger partial charge in [0, 0.05) is 36.2 Å². The summed E-state index contributed by atoms with van der Waals surface area (Å²) >= 11 is 1.63. The maximum absolute atomic E-state index is 14.5. The predicted molar refractivity (Wildman–Crippen MR) is 145 cm³/mol. The summed E-state index contributed by atoms with van der Waals surface area (Å²) in [5.41, 5.74) is 3.67. The smallest absolute Gasteiger partial charge is 0.223 e. The zero-order chi connectivity index (χ0) is 25.8. The summed E-state index contributed by atoms with van der Waals surface area (Å²) in [6.45, 7) is 3.95. The molecule has 5 aromatic rings. The van der Waals surface area contributed by atoms with Crippen LogP contribution < -0.4 is 5.32 Å². The first-order chi connectivity index (χ1) is 18.0. The van der Waals surface area contributed by atoms with Crippen molar-refractivity contribution < 1.29 is 9.50 Å². The Morgan fingerprint density at radius 1 is 1.14 bits per heavy atom. The highest BCUT2D eigenvalue weighted by atomic mass is 32.1. The maximum atomic E-state index is 14.5. The van der Waals surface area contributed by atoms with Crippen molar-refractivity contribution in [1.29, 1.82) is 0 Å². The van der Waals surface area contributed by atoms with E-state index in [0.29, 0.717) is 25.6 Å². The Labute approximate surface area is 218 Å². The highest BCUT2D eigenvalue weighted by Gasteiger charge is 2.19. The second kappa shape index (κ2) is 11.1. The standard InChI is InChI=1S/C27H28FN7OS/c1-18(34(2)14-15-36)21-7-6-20(28)17-23(21)22-5-3-4-19-16-25(37-26(19)22)24-8-9-29-27(32-24)30-10-12-35-13-11-31-33-35/h3-9,11,13,16-18,36H,10,12,14-15H2,1-2H3,(H,29,30,32). The molecule has 0 fully saturated rings. The van der Waals surface area contributed by atoms with E-state index in [2.05, 4.69) is 44.6 Å². The average Bonchev–Trinajstić information content (AvgIpc) is 3.59. The summed E-state index contributed by atoms with van der Waals surface area (Å²) in [7, 11) is 1.96. The minimum atomic E-state index is -0.276. The number of aromatic nitrogens is 5. The van der Waals surface area contributed by atoms with Gasteiger partial charge in [-0.25, -0.2) is 14.4 Å². The van der Waals surface area contributed by atoms with Gasteiger partial charge in [-0.05, 0) is 60.3 Å². The molecule has 10 heteroatoms. The zero-order valence-electron chi connectivity index (χ0n) is 20.7. The number of nitrogens with zero attached hydrogens (tertiary/aromatic N) is 6. The largest absolute Gasteiger partial charge is 0.395 e. The van der Waals surface area contributed by atoms with E-state index in [1.165, 1.54) is 6.07 Å². The molecule has 0 spiro atoms. The first-order valence-corrected chi connectivity index (χ1v) is 12.9. The van der Waals surface area contributed by atoms with E-state index in [1.54, 1.807) is 34.5 Å². The highest BCUT2D eigenvalue weighted by Crippen LogP contribution is 2.41. The molecule has 3 aromatic heterocycles. The number of aliphatic hydroxyl groups excluding tert-OH is 1. The van der Waals surface area contributed by atoms with E-state index < -0.39 is 0 Å². The molecule has 3 heterocycles. The minimum Gasteiger partial charge on any atom is -0.395 e. The number of fused-ring (bicyclic) bond motifs is 1. The van der Waals surface area contributed by atoms with Gasteiger partial charge in [-0.15, -0.1) is 16.4 Å². The van der Waals surface area contributed by atoms with Crippen LogP contribution in [0.4, 0.5) is 10.3 Å². The Kier molecular flexibility index (Phi) is 7.50. The van der Waals surface area contributed by atoms with Crippen molar-refractivity contribution in [3.8, 4) is 21.7 Å². The normalized spacial score (nSPS) is 12.4. The van der Waals surface area contributed by atoms with Crippen molar-refractivity contribution in [2.45, 2.75) is 19.5 Å². The molecule has 0 saturated heterocycles. The monoisotopic (exact) mass is 517 g/mol. The van der Waals surface area contributed by atoms with Crippen LogP contribution in [0.15, 0.2) is 67.1 Å². The van der Waals surface area contributed by atoms with Gasteiger partial charge in [-0.2, -0.15) is 0 Å². The van der Waals surface area contributed by atoms with E-state index in [1.807, 2.05) is 37.5 Å². The second-order valence-electron chi connectivity index (χ2n) is 8.80. The number of anilines is 1. The van der Waals surface area contributed by atoms with Gasteiger partial charge in [-0.3, -0.25) is 9.58 Å². The molecule has 1 atom stereocenters. The lowest BCUT2D eigenvalue weighted by Gasteiger charge is -2.26. The number of halogens is 1. The van der Waals surface area contributed by atoms with Crippen LogP contribution in [0.25, 0.3) is 31.8 Å². The molecule has 37 heavy (non-hydrogen) atoms. The number of nitrogens with one attached hydrogen (secondary N) is 1. The number of hydrogen-bond donors (Lipinski definition) is 2. The lowest BCUT2D eigenvalue weighted by Crippen LogP contribution is -2.26. The zero-order valence-corrected chi connectivity index (χ0v) is 21.5. The fourth-order valence-corrected chi connectivity index (χ4v) is 5.49. The maximum Gasteiger partial charge on any atom is 0.223 e. The minimum absolute atomic E-state index is 0.00505. The number of thiophene rings is 1. The van der Waals surface area contributed by atoms with E-state index >= 15 is 0 Å². The van der Waals surface area contributed by atoms with Gasteiger partial charge in [0.05, 0.1) is 29.9 Å². The van der Waals surface area contributed by atoms with Gasteiger partial charge in [0.25, 0.3) is 0 Å². The van der Waals surface area contributed by atoms with Crippen LogP contribution in [0.5, 0.6) is 0 Å². The number of rotatable bonds is 10. The summed E-state index contributed by atoms with van der Waals surface area (Å²) in [5, 5.41) is 21.5. The Balaban J connectivity index is 1.47. The van der Waals surface area contributed by atoms with Crippen molar-refractivity contribution in [3.63, 3.8) is 0 Å². The van der Waals surface area contributed by atoms with Gasteiger partial charge in [-0.1, -0.05) is 29.5 Å². The molecule has 5 rings (SSSR count). The van der Waals surface area contributed by atoms with Crippen LogP contribution in [0.1, 0.15) is 18.5 Å². The van der Waals surface area contributed by atoms with E-state index in [-0.39, 0.29) is 18.5 Å². The molecule has 1 unspecified atom stereocenters. The van der Waals surface area contributed by atoms with Crippen molar-refractivity contribution in [2.24, 2.45) is 0 Å². The SMILES string of the molecule is CC(c1ccc(F)cc1-c1cccc2cc(-c3ccnc(NCCn4ccnn4)n3)sc12)N(C)CCO. The second-order valence-corrected chi connectivity index (χ2v) is 9.86. The summed E-state index contributed by atoms with van der Waals surface area (Å²) in [4.78, 5) is 12.1. The molecule has 0 saturated carbocycles. The van der Waals surface area contributed by atoms with Gasteiger partial charge in [0.15, 0.2) is 0 Å². The van der Waals surface area contributed by atoms with Gasteiger partial charge >= 0.3 is 0 Å². The van der Waals surface area contributed by atoms with Crippen molar-refractivity contribution >= 4 is 27.4 Å². The topological polar surface area (TPSA) is 92.0 Å². The van der Waals surface area contributed by atoms with Crippen LogP contribution >= 0.6 is 11.3 Å². The molecule has 0 aliphatic rings. The molecule has 2 N–H and O–H groups in total. The third kappa shape index (κ3) is 5.51. The third-order valence-electron chi connectivity index (χ3n) is 6.42. The molecule has 0 aliphatic heterocycles. The third-order valence-corrected chi connectivity index (χ3v) is 7.62. The van der Waals surface area contributed by atoms with Gasteiger partial charge in [0.1, 0.15) is 5.82 Å². The van der Waals surface area contributed by atoms with E-state index in [9.17, 15) is 9.50 Å². The first-order valence-electron chi connectivity index (χ1n) is 12.1. The van der Waals surface area contributed by atoms with E-state index in [0.717, 1.165) is 37.3 Å². The number of hydrogen-bond acceptors (Lipinski definition) is 8. The summed E-state index contributed by atoms with van der Waals surface area (Å²) < 4.78 is 17.3. The lowest BCUT2D eigenvalue weighted by atomic mass is 9.94. The fraction of sp³-hybridized carbons (Fsp3) is 0.259. The van der Waals surface area contributed by atoms with Crippen LogP contribution in [-0.2, 0) is 6.54 Å². The Morgan fingerprint density at radius 2 is 2.03 bits per heavy atom. The molecule has 190 valence electrons. The average molecular weight is 518 g/mol. The molecule has 0 bridgehead atoms. The molecule has 8 nitrogen and oxygen atoms in total. The number of likely N-dealkylation sites (N-methyl/N-ethyl adjacent to an activating group) is 1. The molecule has 0 amide bonds. The molecular weight excluding hydrogens is 489 g/mol. The Bertz CT molecular complexity index is 1490. The molecular formula is C27H28FN7OS. The number of benzene rings is 2. The van der Waals surface area contributed by atoms with Crippen molar-refractivity contribution in [3.05, 3.63) is 78.5 Å². The Morgan fingerprint density at radius 3 is 2.84 bits per heavy atom. The Hall–Kier alpha value is -3.73. The van der Waals surface area contributed by atoms with Gasteiger partial charge in [0.2, 0.25) is 5.95 Å². The van der Waals surface area contributed by atoms with E-state index in [4.69, 9.17) is 4.98 Å². The highest BCUT2D eigenvalue weighted by molar-refractivity contribution is 7.22. The summed E-state index contributed by atoms with van der Waals surface area (Å²) in [6.07, 6.45) is 5.20. The fourth-order valence-electron chi connectivity index (χ4n) is 4.33. The molecule has 2 aromatic carbocycles.